The lowest BCUT2D eigenvalue weighted by molar-refractivity contribution is 0.623. The fourth-order valence-electron chi connectivity index (χ4n) is 2.54. The fourth-order valence-corrected chi connectivity index (χ4v) is 3.04. The molecule has 124 valence electrons. The fraction of sp³-hybridized carbons (Fsp3) is 0.222. The van der Waals surface area contributed by atoms with Crippen molar-refractivity contribution in [1.82, 2.24) is 20.3 Å². The van der Waals surface area contributed by atoms with Crippen LogP contribution in [0, 0.1) is 0 Å². The van der Waals surface area contributed by atoms with Crippen molar-refractivity contribution in [3.63, 3.8) is 0 Å². The van der Waals surface area contributed by atoms with E-state index in [0.29, 0.717) is 16.6 Å². The van der Waals surface area contributed by atoms with E-state index in [1.807, 2.05) is 49.5 Å². The summed E-state index contributed by atoms with van der Waals surface area (Å²) >= 11 is 12.1. The summed E-state index contributed by atoms with van der Waals surface area (Å²) in [6.07, 6.45) is 0.830. The molecule has 0 aliphatic heterocycles. The number of benzene rings is 2. The van der Waals surface area contributed by atoms with Crippen molar-refractivity contribution in [2.24, 2.45) is 7.05 Å². The number of nitrogens with one attached hydrogen (secondary N) is 1. The summed E-state index contributed by atoms with van der Waals surface area (Å²) in [6.45, 7) is 1.45. The first-order valence-corrected chi connectivity index (χ1v) is 8.49. The smallest absolute Gasteiger partial charge is 0.117 e. The Morgan fingerprint density at radius 1 is 1.04 bits per heavy atom. The first-order valence-electron chi connectivity index (χ1n) is 7.74. The normalized spacial score (nSPS) is 11.0. The minimum atomic E-state index is 0.656. The van der Waals surface area contributed by atoms with E-state index in [2.05, 4.69) is 15.5 Å². The molecule has 2 aromatic carbocycles. The number of rotatable bonds is 6. The van der Waals surface area contributed by atoms with Gasteiger partial charge < -0.3 is 5.32 Å². The maximum absolute atomic E-state index is 6.20. The van der Waals surface area contributed by atoms with Crippen LogP contribution in [0.25, 0.3) is 11.3 Å². The third-order valence-corrected chi connectivity index (χ3v) is 4.30. The molecule has 0 spiro atoms. The average Bonchev–Trinajstić information content (AvgIpc) is 2.95. The molecule has 0 unspecified atom stereocenters. The molecule has 3 aromatic rings. The second-order valence-corrected chi connectivity index (χ2v) is 6.36. The highest BCUT2D eigenvalue weighted by molar-refractivity contribution is 6.35. The summed E-state index contributed by atoms with van der Waals surface area (Å²) in [5.74, 6) is 0. The van der Waals surface area contributed by atoms with E-state index in [4.69, 9.17) is 23.2 Å². The molecule has 0 amide bonds. The molecular formula is C18H18Cl2N4. The van der Waals surface area contributed by atoms with Crippen LogP contribution in [-0.2, 0) is 20.0 Å². The van der Waals surface area contributed by atoms with Crippen LogP contribution in [-0.4, -0.2) is 21.5 Å². The van der Waals surface area contributed by atoms with Crippen LogP contribution in [0.2, 0.25) is 10.0 Å². The van der Waals surface area contributed by atoms with Gasteiger partial charge in [0.25, 0.3) is 0 Å². The first kappa shape index (κ1) is 17.0. The Morgan fingerprint density at radius 2 is 1.83 bits per heavy atom. The monoisotopic (exact) mass is 360 g/mol. The van der Waals surface area contributed by atoms with E-state index in [1.54, 1.807) is 10.9 Å². The zero-order valence-corrected chi connectivity index (χ0v) is 14.8. The molecule has 0 bridgehead atoms. The Morgan fingerprint density at radius 3 is 2.58 bits per heavy atom. The molecule has 1 heterocycles. The Kier molecular flexibility index (Phi) is 5.51. The summed E-state index contributed by atoms with van der Waals surface area (Å²) in [4.78, 5) is 1.61. The maximum atomic E-state index is 6.20. The molecule has 24 heavy (non-hydrogen) atoms. The van der Waals surface area contributed by atoms with Crippen LogP contribution in [0.15, 0.2) is 48.5 Å². The number of nitrogens with zero attached hydrogens (tertiary/aromatic N) is 3. The van der Waals surface area contributed by atoms with Crippen LogP contribution in [0.3, 0.4) is 0 Å². The van der Waals surface area contributed by atoms with E-state index in [1.165, 1.54) is 0 Å². The molecule has 0 radical (unpaired) electrons. The predicted octanol–water partition coefficient (Wildman–Crippen LogP) is 4.12. The first-order chi connectivity index (χ1) is 11.6. The third kappa shape index (κ3) is 4.15. The minimum Gasteiger partial charge on any atom is -0.311 e. The van der Waals surface area contributed by atoms with Crippen molar-refractivity contribution < 1.29 is 0 Å². The highest BCUT2D eigenvalue weighted by Gasteiger charge is 2.11. The molecule has 1 N–H and O–H groups in total. The SMILES string of the molecule is Cn1nc(CNCCc2ccc(Cl)cc2Cl)c(-c2ccccc2)n1. The van der Waals surface area contributed by atoms with E-state index in [-0.39, 0.29) is 0 Å². The van der Waals surface area contributed by atoms with E-state index >= 15 is 0 Å². The number of halogens is 2. The van der Waals surface area contributed by atoms with E-state index in [9.17, 15) is 0 Å². The third-order valence-electron chi connectivity index (χ3n) is 3.71. The zero-order chi connectivity index (χ0) is 16.9. The standard InChI is InChI=1S/C18H18Cl2N4/c1-24-22-17(18(23-24)14-5-3-2-4-6-14)12-21-10-9-13-7-8-15(19)11-16(13)20/h2-8,11,21H,9-10,12H2,1H3. The molecule has 0 saturated heterocycles. The van der Waals surface area contributed by atoms with Crippen LogP contribution in [0.5, 0.6) is 0 Å². The summed E-state index contributed by atoms with van der Waals surface area (Å²) < 4.78 is 0. The van der Waals surface area contributed by atoms with Crippen molar-refractivity contribution in [2.75, 3.05) is 6.54 Å². The molecule has 4 nitrogen and oxygen atoms in total. The van der Waals surface area contributed by atoms with E-state index in [0.717, 1.165) is 35.5 Å². The van der Waals surface area contributed by atoms with Crippen molar-refractivity contribution in [3.05, 3.63) is 69.8 Å². The number of aryl methyl sites for hydroxylation is 1. The second-order valence-electron chi connectivity index (χ2n) is 5.51. The van der Waals surface area contributed by atoms with Gasteiger partial charge in [-0.05, 0) is 30.7 Å². The lowest BCUT2D eigenvalue weighted by Crippen LogP contribution is -2.17. The van der Waals surface area contributed by atoms with Gasteiger partial charge >= 0.3 is 0 Å². The van der Waals surface area contributed by atoms with Crippen LogP contribution >= 0.6 is 23.2 Å². The second kappa shape index (κ2) is 7.79. The van der Waals surface area contributed by atoms with Gasteiger partial charge in [-0.15, -0.1) is 0 Å². The minimum absolute atomic E-state index is 0.656. The Bertz CT molecular complexity index is 815. The molecule has 0 aliphatic carbocycles. The summed E-state index contributed by atoms with van der Waals surface area (Å²) in [7, 11) is 1.84. The Labute approximate surface area is 151 Å². The van der Waals surface area contributed by atoms with Crippen molar-refractivity contribution in [1.29, 1.82) is 0 Å². The zero-order valence-electron chi connectivity index (χ0n) is 13.3. The van der Waals surface area contributed by atoms with Gasteiger partial charge in [0, 0.05) is 29.2 Å². The molecule has 0 aliphatic rings. The van der Waals surface area contributed by atoms with E-state index < -0.39 is 0 Å². The molecular weight excluding hydrogens is 343 g/mol. The van der Waals surface area contributed by atoms with Crippen molar-refractivity contribution in [2.45, 2.75) is 13.0 Å². The van der Waals surface area contributed by atoms with Crippen molar-refractivity contribution >= 4 is 23.2 Å². The highest BCUT2D eigenvalue weighted by atomic mass is 35.5. The van der Waals surface area contributed by atoms with Crippen LogP contribution in [0.1, 0.15) is 11.3 Å². The molecule has 1 aromatic heterocycles. The lowest BCUT2D eigenvalue weighted by Gasteiger charge is -2.06. The topological polar surface area (TPSA) is 42.7 Å². The summed E-state index contributed by atoms with van der Waals surface area (Å²) in [6, 6.07) is 15.7. The van der Waals surface area contributed by atoms with Gasteiger partial charge in [0.2, 0.25) is 0 Å². The van der Waals surface area contributed by atoms with Gasteiger partial charge in [-0.2, -0.15) is 15.0 Å². The molecule has 0 atom stereocenters. The number of hydrogen-bond donors (Lipinski definition) is 1. The van der Waals surface area contributed by atoms with Crippen LogP contribution in [0.4, 0.5) is 0 Å². The van der Waals surface area contributed by atoms with Gasteiger partial charge in [-0.1, -0.05) is 59.6 Å². The maximum Gasteiger partial charge on any atom is 0.117 e. The Hall–Kier alpha value is -1.88. The van der Waals surface area contributed by atoms with Gasteiger partial charge in [0.1, 0.15) is 11.4 Å². The quantitative estimate of drug-likeness (QED) is 0.672. The number of hydrogen-bond acceptors (Lipinski definition) is 3. The summed E-state index contributed by atoms with van der Waals surface area (Å²) in [5.41, 5.74) is 4.00. The Balaban J connectivity index is 1.61. The van der Waals surface area contributed by atoms with Gasteiger partial charge in [-0.25, -0.2) is 0 Å². The predicted molar refractivity (Wildman–Crippen MR) is 98.3 cm³/mol. The van der Waals surface area contributed by atoms with Gasteiger partial charge in [0.15, 0.2) is 0 Å². The van der Waals surface area contributed by atoms with Crippen LogP contribution < -0.4 is 5.32 Å². The lowest BCUT2D eigenvalue weighted by atomic mass is 10.1. The largest absolute Gasteiger partial charge is 0.311 e. The average molecular weight is 361 g/mol. The van der Waals surface area contributed by atoms with Gasteiger partial charge in [0.05, 0.1) is 0 Å². The molecule has 0 saturated carbocycles. The number of aromatic nitrogens is 3. The molecule has 0 fully saturated rings. The van der Waals surface area contributed by atoms with Crippen molar-refractivity contribution in [3.8, 4) is 11.3 Å². The molecule has 6 heteroatoms. The highest BCUT2D eigenvalue weighted by Crippen LogP contribution is 2.21. The summed E-state index contributed by atoms with van der Waals surface area (Å²) in [5, 5.41) is 13.7. The van der Waals surface area contributed by atoms with Gasteiger partial charge in [-0.3, -0.25) is 0 Å². The molecule has 3 rings (SSSR count).